The molecule has 0 N–H and O–H groups in total. The van der Waals surface area contributed by atoms with Gasteiger partial charge in [-0.3, -0.25) is 0 Å². The Kier molecular flexibility index (Phi) is 2.38. The van der Waals surface area contributed by atoms with Crippen LogP contribution in [0.3, 0.4) is 0 Å². The van der Waals surface area contributed by atoms with Gasteiger partial charge in [0.2, 0.25) is 0 Å². The first-order chi connectivity index (χ1) is 3.71. The van der Waals surface area contributed by atoms with Crippen LogP contribution in [-0.4, -0.2) is 15.1 Å². The van der Waals surface area contributed by atoms with Gasteiger partial charge < -0.3 is 12.9 Å². The van der Waals surface area contributed by atoms with Crippen molar-refractivity contribution in [3.05, 3.63) is 0 Å². The van der Waals surface area contributed by atoms with Gasteiger partial charge in [-0.15, -0.1) is 0 Å². The number of hydrogen-bond donors (Lipinski definition) is 0. The van der Waals surface area contributed by atoms with Crippen LogP contribution in [0, 0.1) is 0 Å². The summed E-state index contributed by atoms with van der Waals surface area (Å²) in [5.74, 6) is -0.507. The first-order valence-corrected chi connectivity index (χ1v) is 6.62. The molecule has 0 aliphatic carbocycles. The van der Waals surface area contributed by atoms with Gasteiger partial charge in [0.15, 0.2) is 0 Å². The average Bonchev–Trinajstić information content (AvgIpc) is 1.14. The van der Waals surface area contributed by atoms with Crippen LogP contribution in [0.15, 0.2) is 0 Å². The van der Waals surface area contributed by atoms with Gasteiger partial charge in [-0.1, -0.05) is 25.6 Å². The monoisotopic (exact) mass is 155 g/mol. The van der Waals surface area contributed by atoms with Crippen molar-refractivity contribution in [1.29, 1.82) is 0 Å². The second-order valence-electron chi connectivity index (χ2n) is 3.48. The molecule has 0 nitrogen and oxygen atoms in total. The highest BCUT2D eigenvalue weighted by molar-refractivity contribution is 6.87. The Morgan fingerprint density at radius 3 is 1.44 bits per heavy atom. The van der Waals surface area contributed by atoms with E-state index in [-0.39, 0.29) is 0 Å². The van der Waals surface area contributed by atoms with Crippen LogP contribution >= 0.6 is 0 Å². The topological polar surface area (TPSA) is 0 Å². The van der Waals surface area contributed by atoms with Gasteiger partial charge in [0, 0.05) is 8.07 Å². The number of hydrogen-bond acceptors (Lipinski definition) is 0. The molecular formula is C4H11BF3Si-. The molecule has 0 unspecified atom stereocenters. The minimum absolute atomic E-state index is 0.507. The van der Waals surface area contributed by atoms with E-state index in [9.17, 15) is 12.9 Å². The van der Waals surface area contributed by atoms with Crippen molar-refractivity contribution in [2.75, 3.05) is 0 Å². The van der Waals surface area contributed by atoms with Crippen LogP contribution in [0.1, 0.15) is 0 Å². The predicted molar refractivity (Wildman–Crippen MR) is 37.2 cm³/mol. The van der Waals surface area contributed by atoms with Crippen molar-refractivity contribution in [1.82, 2.24) is 0 Å². The van der Waals surface area contributed by atoms with Crippen LogP contribution in [0.4, 0.5) is 12.9 Å². The molecule has 0 aromatic rings. The van der Waals surface area contributed by atoms with Crippen LogP contribution in [0.25, 0.3) is 0 Å². The third-order valence-electron chi connectivity index (χ3n) is 0.844. The zero-order valence-corrected chi connectivity index (χ0v) is 6.92. The van der Waals surface area contributed by atoms with E-state index in [1.807, 2.05) is 0 Å². The van der Waals surface area contributed by atoms with Gasteiger partial charge in [0.1, 0.15) is 0 Å². The fraction of sp³-hybridized carbons (Fsp3) is 1.00. The molecule has 0 aromatic heterocycles. The fourth-order valence-corrected chi connectivity index (χ4v) is 2.08. The van der Waals surface area contributed by atoms with Crippen molar-refractivity contribution in [3.63, 3.8) is 0 Å². The van der Waals surface area contributed by atoms with Gasteiger partial charge in [-0.2, -0.15) is 0 Å². The van der Waals surface area contributed by atoms with Gasteiger partial charge in [-0.05, 0) is 0 Å². The Balaban J connectivity index is 3.75. The van der Waals surface area contributed by atoms with E-state index in [1.165, 1.54) is 0 Å². The van der Waals surface area contributed by atoms with Crippen molar-refractivity contribution < 1.29 is 12.9 Å². The summed E-state index contributed by atoms with van der Waals surface area (Å²) in [4.78, 5) is 0. The Hall–Kier alpha value is 0.0718. The normalized spacial score (nSPS) is 14.0. The quantitative estimate of drug-likeness (QED) is 0.537. The molecule has 0 aliphatic rings. The molecular weight excluding hydrogens is 144 g/mol. The summed E-state index contributed by atoms with van der Waals surface area (Å²) in [6.45, 7) is 0.645. The second-order valence-corrected chi connectivity index (χ2v) is 9.00. The SMILES string of the molecule is C[Si](C)(C)C[B-](F)(F)F. The van der Waals surface area contributed by atoms with E-state index in [2.05, 4.69) is 0 Å². The van der Waals surface area contributed by atoms with E-state index in [1.54, 1.807) is 19.6 Å². The number of rotatable bonds is 2. The first-order valence-electron chi connectivity index (χ1n) is 2.92. The van der Waals surface area contributed by atoms with E-state index in [4.69, 9.17) is 0 Å². The average molecular weight is 155 g/mol. The minimum Gasteiger partial charge on any atom is -0.449 e. The van der Waals surface area contributed by atoms with Gasteiger partial charge in [0.05, 0.1) is 0 Å². The minimum atomic E-state index is -4.53. The van der Waals surface area contributed by atoms with Gasteiger partial charge in [0.25, 0.3) is 0 Å². The first kappa shape index (κ1) is 9.07. The maximum Gasteiger partial charge on any atom is 0.475 e. The molecule has 0 atom stereocenters. The summed E-state index contributed by atoms with van der Waals surface area (Å²) in [6.07, 6.45) is 0. The fourth-order valence-electron chi connectivity index (χ4n) is 0.694. The zero-order chi connectivity index (χ0) is 7.71. The largest absolute Gasteiger partial charge is 0.475 e. The van der Waals surface area contributed by atoms with Crippen LogP contribution in [-0.2, 0) is 0 Å². The molecule has 0 spiro atoms. The Morgan fingerprint density at radius 2 is 1.44 bits per heavy atom. The Labute approximate surface area is 54.5 Å². The lowest BCUT2D eigenvalue weighted by atomic mass is 9.97. The standard InChI is InChI=1S/C4H11BF3Si/c1-9(2,3)4-5(6,7)8/h4H2,1-3H3/q-1. The van der Waals surface area contributed by atoms with Gasteiger partial charge >= 0.3 is 6.98 Å². The van der Waals surface area contributed by atoms with Crippen molar-refractivity contribution in [2.45, 2.75) is 25.6 Å². The summed E-state index contributed by atoms with van der Waals surface area (Å²) < 4.78 is 34.9. The summed E-state index contributed by atoms with van der Waals surface area (Å²) in [5, 5.41) is 0. The molecule has 0 heterocycles. The molecule has 0 fully saturated rings. The van der Waals surface area contributed by atoms with Crippen LogP contribution in [0.2, 0.25) is 25.6 Å². The maximum absolute atomic E-state index is 11.6. The van der Waals surface area contributed by atoms with E-state index in [0.29, 0.717) is 0 Å². The van der Waals surface area contributed by atoms with Crippen molar-refractivity contribution in [2.24, 2.45) is 0 Å². The van der Waals surface area contributed by atoms with Crippen molar-refractivity contribution >= 4 is 15.1 Å². The summed E-state index contributed by atoms with van der Waals surface area (Å²) in [7, 11) is -1.89. The zero-order valence-electron chi connectivity index (χ0n) is 5.92. The third kappa shape index (κ3) is 8.07. The predicted octanol–water partition coefficient (Wildman–Crippen LogP) is 2.71. The molecule has 0 saturated heterocycles. The lowest BCUT2D eigenvalue weighted by molar-refractivity contribution is 0.481. The summed E-state index contributed by atoms with van der Waals surface area (Å²) >= 11 is 0. The van der Waals surface area contributed by atoms with Crippen molar-refractivity contribution in [3.8, 4) is 0 Å². The lowest BCUT2D eigenvalue weighted by Crippen LogP contribution is -2.31. The highest BCUT2D eigenvalue weighted by atomic mass is 28.3. The maximum atomic E-state index is 11.6. The Morgan fingerprint density at radius 1 is 1.11 bits per heavy atom. The van der Waals surface area contributed by atoms with Crippen LogP contribution < -0.4 is 0 Å². The molecule has 5 heteroatoms. The van der Waals surface area contributed by atoms with E-state index >= 15 is 0 Å². The smallest absolute Gasteiger partial charge is 0.449 e. The van der Waals surface area contributed by atoms with E-state index < -0.39 is 21.0 Å². The summed E-state index contributed by atoms with van der Waals surface area (Å²) in [5.41, 5.74) is 0. The van der Waals surface area contributed by atoms with E-state index in [0.717, 1.165) is 0 Å². The van der Waals surface area contributed by atoms with Crippen LogP contribution in [0.5, 0.6) is 0 Å². The molecule has 0 saturated carbocycles. The third-order valence-corrected chi connectivity index (χ3v) is 2.53. The second kappa shape index (κ2) is 2.36. The molecule has 0 aromatic carbocycles. The molecule has 0 aliphatic heterocycles. The molecule has 9 heavy (non-hydrogen) atoms. The molecule has 0 amide bonds. The highest BCUT2D eigenvalue weighted by Crippen LogP contribution is 2.22. The highest BCUT2D eigenvalue weighted by Gasteiger charge is 2.30. The number of halogens is 3. The lowest BCUT2D eigenvalue weighted by Gasteiger charge is -2.23. The van der Waals surface area contributed by atoms with Gasteiger partial charge in [-0.25, -0.2) is 0 Å². The molecule has 0 bridgehead atoms. The molecule has 0 rings (SSSR count). The Bertz CT molecular complexity index is 81.0. The molecule has 56 valence electrons. The summed E-state index contributed by atoms with van der Waals surface area (Å²) in [6, 6.07) is 0. The molecule has 0 radical (unpaired) electrons.